The van der Waals surface area contributed by atoms with Gasteiger partial charge in [-0.1, -0.05) is 18.2 Å². The number of hydrogen-bond acceptors (Lipinski definition) is 6. The van der Waals surface area contributed by atoms with Crippen LogP contribution in [0.15, 0.2) is 83.5 Å². The second-order valence-corrected chi connectivity index (χ2v) is 10.9. The second kappa shape index (κ2) is 9.87. The van der Waals surface area contributed by atoms with Crippen LogP contribution in [0.25, 0.3) is 5.76 Å². The van der Waals surface area contributed by atoms with E-state index in [-0.39, 0.29) is 22.6 Å². The summed E-state index contributed by atoms with van der Waals surface area (Å²) < 4.78 is 40.8. The lowest BCUT2D eigenvalue weighted by molar-refractivity contribution is -0.140. The van der Waals surface area contributed by atoms with Crippen LogP contribution in [-0.2, 0) is 26.2 Å². The third kappa shape index (κ3) is 4.65. The van der Waals surface area contributed by atoms with Crippen molar-refractivity contribution in [1.82, 2.24) is 14.2 Å². The van der Waals surface area contributed by atoms with Gasteiger partial charge in [-0.2, -0.15) is 4.31 Å². The number of halogens is 1. The van der Waals surface area contributed by atoms with Crippen molar-refractivity contribution in [3.8, 4) is 0 Å². The first-order valence-corrected chi connectivity index (χ1v) is 13.2. The molecule has 190 valence electrons. The maximum Gasteiger partial charge on any atom is 0.295 e. The molecule has 0 bridgehead atoms. The molecule has 1 amide bonds. The highest BCUT2D eigenvalue weighted by atomic mass is 32.2. The number of carbonyl (C=O) groups excluding carboxylic acids is 2. The van der Waals surface area contributed by atoms with E-state index in [1.54, 1.807) is 24.5 Å². The monoisotopic (exact) mass is 521 g/mol. The maximum absolute atomic E-state index is 13.7. The van der Waals surface area contributed by atoms with Gasteiger partial charge in [0, 0.05) is 37.6 Å². The van der Waals surface area contributed by atoms with Crippen LogP contribution in [-0.4, -0.2) is 52.5 Å². The Morgan fingerprint density at radius 1 is 1.00 bits per heavy atom. The highest BCUT2D eigenvalue weighted by Gasteiger charge is 2.46. The predicted octanol–water partition coefficient (Wildman–Crippen LogP) is 3.63. The highest BCUT2D eigenvalue weighted by Crippen LogP contribution is 2.40. The van der Waals surface area contributed by atoms with Gasteiger partial charge in [0.2, 0.25) is 10.0 Å². The Labute approximate surface area is 213 Å². The summed E-state index contributed by atoms with van der Waals surface area (Å²) in [5, 5.41) is 11.2. The van der Waals surface area contributed by atoms with Crippen LogP contribution >= 0.6 is 0 Å². The van der Waals surface area contributed by atoms with Gasteiger partial charge in [0.1, 0.15) is 11.6 Å². The Balaban J connectivity index is 1.56. The lowest BCUT2D eigenvalue weighted by Crippen LogP contribution is -2.29. The van der Waals surface area contributed by atoms with Crippen molar-refractivity contribution in [1.29, 1.82) is 0 Å². The van der Waals surface area contributed by atoms with Crippen molar-refractivity contribution < 1.29 is 27.5 Å². The molecular formula is C27H24FN3O5S. The van der Waals surface area contributed by atoms with Crippen LogP contribution < -0.4 is 0 Å². The molecule has 3 aromatic rings. The van der Waals surface area contributed by atoms with E-state index < -0.39 is 39.3 Å². The molecule has 2 aliphatic rings. The zero-order chi connectivity index (χ0) is 26.2. The van der Waals surface area contributed by atoms with E-state index in [9.17, 15) is 27.5 Å². The molecule has 2 fully saturated rings. The number of pyridine rings is 1. The average molecular weight is 522 g/mol. The lowest BCUT2D eigenvalue weighted by Gasteiger charge is -2.25. The van der Waals surface area contributed by atoms with Gasteiger partial charge in [0.25, 0.3) is 11.7 Å². The fraction of sp³-hybridized carbons (Fsp3) is 0.222. The minimum atomic E-state index is -3.66. The minimum absolute atomic E-state index is 0.0459. The van der Waals surface area contributed by atoms with E-state index in [0.29, 0.717) is 24.2 Å². The number of likely N-dealkylation sites (tertiary alicyclic amines) is 1. The number of amides is 1. The van der Waals surface area contributed by atoms with Gasteiger partial charge in [0.05, 0.1) is 16.5 Å². The number of aromatic nitrogens is 1. The molecule has 2 aliphatic heterocycles. The van der Waals surface area contributed by atoms with Gasteiger partial charge >= 0.3 is 0 Å². The molecule has 2 aromatic carbocycles. The zero-order valence-electron chi connectivity index (χ0n) is 19.7. The van der Waals surface area contributed by atoms with Gasteiger partial charge in [-0.25, -0.2) is 12.8 Å². The Hall–Kier alpha value is -3.89. The summed E-state index contributed by atoms with van der Waals surface area (Å²) in [6.45, 7) is 0.967. The van der Waals surface area contributed by atoms with Crippen molar-refractivity contribution >= 4 is 27.5 Å². The first kappa shape index (κ1) is 24.8. The highest BCUT2D eigenvalue weighted by molar-refractivity contribution is 7.89. The lowest BCUT2D eigenvalue weighted by atomic mass is 9.95. The first-order chi connectivity index (χ1) is 17.8. The summed E-state index contributed by atoms with van der Waals surface area (Å²) in [7, 11) is -3.66. The molecule has 10 heteroatoms. The molecule has 0 aliphatic carbocycles. The van der Waals surface area contributed by atoms with E-state index >= 15 is 0 Å². The number of rotatable bonds is 6. The summed E-state index contributed by atoms with van der Waals surface area (Å²) in [5.74, 6) is -2.62. The summed E-state index contributed by atoms with van der Waals surface area (Å²) in [6, 6.07) is 13.4. The second-order valence-electron chi connectivity index (χ2n) is 8.98. The topological polar surface area (TPSA) is 108 Å². The molecule has 0 spiro atoms. The van der Waals surface area contributed by atoms with Gasteiger partial charge in [0.15, 0.2) is 0 Å². The van der Waals surface area contributed by atoms with Crippen LogP contribution in [0.3, 0.4) is 0 Å². The van der Waals surface area contributed by atoms with E-state index in [4.69, 9.17) is 0 Å². The van der Waals surface area contributed by atoms with Gasteiger partial charge in [-0.05, 0) is 66.4 Å². The first-order valence-electron chi connectivity index (χ1n) is 11.8. The van der Waals surface area contributed by atoms with Crippen molar-refractivity contribution in [3.05, 3.63) is 101 Å². The number of ketones is 1. The van der Waals surface area contributed by atoms with E-state index in [0.717, 1.165) is 12.8 Å². The van der Waals surface area contributed by atoms with Crippen molar-refractivity contribution in [2.75, 3.05) is 13.1 Å². The molecule has 0 radical (unpaired) electrons. The zero-order valence-corrected chi connectivity index (χ0v) is 20.6. The Kier molecular flexibility index (Phi) is 6.61. The van der Waals surface area contributed by atoms with E-state index in [1.165, 1.54) is 57.7 Å². The number of aliphatic hydroxyl groups is 1. The van der Waals surface area contributed by atoms with Crippen LogP contribution in [0.4, 0.5) is 4.39 Å². The number of nitrogens with zero attached hydrogens (tertiary/aromatic N) is 3. The smallest absolute Gasteiger partial charge is 0.295 e. The van der Waals surface area contributed by atoms with Gasteiger partial charge < -0.3 is 10.0 Å². The molecule has 37 heavy (non-hydrogen) atoms. The quantitative estimate of drug-likeness (QED) is 0.302. The van der Waals surface area contributed by atoms with Crippen LogP contribution in [0.1, 0.15) is 35.6 Å². The van der Waals surface area contributed by atoms with Crippen LogP contribution in [0, 0.1) is 5.82 Å². The Bertz CT molecular complexity index is 1470. The fourth-order valence-corrected chi connectivity index (χ4v) is 6.26. The molecule has 0 unspecified atom stereocenters. The molecule has 0 saturated carbocycles. The van der Waals surface area contributed by atoms with Crippen LogP contribution in [0.5, 0.6) is 0 Å². The molecular weight excluding hydrogens is 497 g/mol. The van der Waals surface area contributed by atoms with Crippen molar-refractivity contribution in [3.63, 3.8) is 0 Å². The molecule has 2 saturated heterocycles. The fourth-order valence-electron chi connectivity index (χ4n) is 4.74. The maximum atomic E-state index is 13.7. The number of sulfonamides is 1. The number of benzene rings is 2. The SMILES string of the molecule is O=C1C(=O)N(Cc2cccnc2)[C@@H](c2ccc(F)cc2)C1=C(O)c1ccc(S(=O)(=O)N2CCCC2)cc1. The van der Waals surface area contributed by atoms with E-state index in [1.807, 2.05) is 0 Å². The Morgan fingerprint density at radius 3 is 2.30 bits per heavy atom. The van der Waals surface area contributed by atoms with Gasteiger partial charge in [-0.15, -0.1) is 0 Å². The molecule has 3 heterocycles. The number of Topliss-reactive ketones (excluding diaryl/α,β-unsaturated/α-hetero) is 1. The third-order valence-corrected chi connectivity index (χ3v) is 8.54. The molecule has 1 N–H and O–H groups in total. The van der Waals surface area contributed by atoms with Gasteiger partial charge in [-0.3, -0.25) is 14.6 Å². The largest absolute Gasteiger partial charge is 0.507 e. The predicted molar refractivity (Wildman–Crippen MR) is 133 cm³/mol. The number of hydrogen-bond donors (Lipinski definition) is 1. The standard InChI is InChI=1S/C27H24FN3O5S/c28-21-9-5-19(6-10-21)24-23(26(33)27(34)31(24)17-18-4-3-13-29-16-18)25(32)20-7-11-22(12-8-20)37(35,36)30-14-1-2-15-30/h3-13,16,24,32H,1-2,14-15,17H2/t24-/m0/s1. The average Bonchev–Trinajstić information content (AvgIpc) is 3.54. The summed E-state index contributed by atoms with van der Waals surface area (Å²) >= 11 is 0. The molecule has 5 rings (SSSR count). The molecule has 8 nitrogen and oxygen atoms in total. The number of aliphatic hydroxyl groups excluding tert-OH is 1. The molecule has 1 aromatic heterocycles. The Morgan fingerprint density at radius 2 is 1.68 bits per heavy atom. The normalized spacial score (nSPS) is 20.0. The molecule has 1 atom stereocenters. The van der Waals surface area contributed by atoms with Crippen LogP contribution in [0.2, 0.25) is 0 Å². The number of carbonyl (C=O) groups is 2. The summed E-state index contributed by atoms with van der Waals surface area (Å²) in [6.07, 6.45) is 4.77. The summed E-state index contributed by atoms with van der Waals surface area (Å²) in [5.41, 5.74) is 1.15. The van der Waals surface area contributed by atoms with E-state index in [2.05, 4.69) is 4.98 Å². The minimum Gasteiger partial charge on any atom is -0.507 e. The van der Waals surface area contributed by atoms with Crippen molar-refractivity contribution in [2.45, 2.75) is 30.3 Å². The van der Waals surface area contributed by atoms with Crippen molar-refractivity contribution in [2.24, 2.45) is 0 Å². The summed E-state index contributed by atoms with van der Waals surface area (Å²) in [4.78, 5) is 31.7. The third-order valence-electron chi connectivity index (χ3n) is 6.63.